The van der Waals surface area contributed by atoms with Crippen LogP contribution in [0.3, 0.4) is 0 Å². The van der Waals surface area contributed by atoms with Gasteiger partial charge in [-0.05, 0) is 13.0 Å². The van der Waals surface area contributed by atoms with E-state index < -0.39 is 24.2 Å². The second-order valence-corrected chi connectivity index (χ2v) is 5.88. The Morgan fingerprint density at radius 1 is 1.36 bits per heavy atom. The summed E-state index contributed by atoms with van der Waals surface area (Å²) in [5, 5.41) is 16.5. The van der Waals surface area contributed by atoms with Gasteiger partial charge in [-0.1, -0.05) is 36.4 Å². The molecule has 1 aromatic carbocycles. The monoisotopic (exact) mass is 352 g/mol. The van der Waals surface area contributed by atoms with Crippen LogP contribution in [-0.4, -0.2) is 38.1 Å². The van der Waals surface area contributed by atoms with Crippen molar-refractivity contribution in [3.63, 3.8) is 0 Å². The van der Waals surface area contributed by atoms with E-state index >= 15 is 0 Å². The van der Waals surface area contributed by atoms with Gasteiger partial charge in [-0.2, -0.15) is 18.3 Å². The van der Waals surface area contributed by atoms with Crippen molar-refractivity contribution in [2.24, 2.45) is 0 Å². The molecule has 1 fully saturated rings. The molecule has 0 bridgehead atoms. The number of amides is 1. The lowest BCUT2D eigenvalue weighted by Gasteiger charge is -2.33. The Balaban J connectivity index is 1.91. The van der Waals surface area contributed by atoms with Gasteiger partial charge in [0, 0.05) is 17.7 Å². The van der Waals surface area contributed by atoms with Crippen LogP contribution in [0.1, 0.15) is 22.5 Å². The highest BCUT2D eigenvalue weighted by Gasteiger charge is 2.63. The van der Waals surface area contributed by atoms with Crippen molar-refractivity contribution in [3.8, 4) is 11.3 Å². The fraction of sp³-hybridized carbons (Fsp3) is 0.250. The maximum atomic E-state index is 13.2. The van der Waals surface area contributed by atoms with E-state index in [0.717, 1.165) is 5.56 Å². The summed E-state index contributed by atoms with van der Waals surface area (Å²) in [6.07, 6.45) is -5.89. The first-order valence-electron chi connectivity index (χ1n) is 7.32. The number of alkyl halides is 3. The lowest BCUT2D eigenvalue weighted by Crippen LogP contribution is -2.60. The number of carbonyl (C=O) groups excluding carboxylic acids is 1. The fourth-order valence-electron chi connectivity index (χ4n) is 2.54. The number of aromatic nitrogens is 2. The highest BCUT2D eigenvalue weighted by Crippen LogP contribution is 2.41. The maximum absolute atomic E-state index is 13.2. The Kier molecular flexibility index (Phi) is 3.83. The van der Waals surface area contributed by atoms with Gasteiger partial charge in [0.25, 0.3) is 11.6 Å². The molecular weight excluding hydrogens is 337 g/mol. The summed E-state index contributed by atoms with van der Waals surface area (Å²) in [5.41, 5.74) is 0.632. The topological polar surface area (TPSA) is 81.2 Å². The molecule has 3 rings (SSSR count). The van der Waals surface area contributed by atoms with E-state index in [9.17, 15) is 23.1 Å². The number of carbonyl (C=O) groups is 1. The van der Waals surface area contributed by atoms with E-state index in [4.69, 9.17) is 0 Å². The molecule has 132 valence electrons. The molecule has 1 saturated heterocycles. The molecule has 1 aliphatic heterocycles. The number of aromatic amines is 1. The van der Waals surface area contributed by atoms with Crippen LogP contribution in [0.2, 0.25) is 0 Å². The van der Waals surface area contributed by atoms with E-state index in [1.807, 2.05) is 19.1 Å². The molecule has 3 N–H and O–H groups in total. The van der Waals surface area contributed by atoms with Gasteiger partial charge in [0.05, 0.1) is 5.69 Å². The van der Waals surface area contributed by atoms with Crippen molar-refractivity contribution in [2.45, 2.75) is 25.2 Å². The van der Waals surface area contributed by atoms with Gasteiger partial charge in [-0.15, -0.1) is 0 Å². The Bertz CT molecular complexity index is 829. The third-order valence-corrected chi connectivity index (χ3v) is 3.91. The second-order valence-electron chi connectivity index (χ2n) is 5.88. The van der Waals surface area contributed by atoms with E-state index in [-0.39, 0.29) is 16.4 Å². The van der Waals surface area contributed by atoms with E-state index in [1.54, 1.807) is 12.1 Å². The number of hydrazine groups is 1. The summed E-state index contributed by atoms with van der Waals surface area (Å²) in [7, 11) is 0. The number of hydrogen-bond donors (Lipinski definition) is 3. The average molecular weight is 352 g/mol. The zero-order valence-corrected chi connectivity index (χ0v) is 13.2. The zero-order valence-electron chi connectivity index (χ0n) is 13.2. The molecule has 25 heavy (non-hydrogen) atoms. The molecule has 0 spiro atoms. The molecule has 2 aromatic rings. The molecule has 9 heteroatoms. The van der Waals surface area contributed by atoms with Crippen LogP contribution in [0.25, 0.3) is 11.3 Å². The summed E-state index contributed by atoms with van der Waals surface area (Å²) in [6.45, 7) is 5.27. The molecule has 1 aromatic heterocycles. The molecule has 2 heterocycles. The van der Waals surface area contributed by atoms with Crippen LogP contribution >= 0.6 is 0 Å². The Hall–Kier alpha value is -2.81. The van der Waals surface area contributed by atoms with Gasteiger partial charge >= 0.3 is 6.18 Å². The minimum atomic E-state index is -5.05. The lowest BCUT2D eigenvalue weighted by atomic mass is 10.1. The first-order chi connectivity index (χ1) is 11.6. The molecule has 1 amide bonds. The first kappa shape index (κ1) is 17.0. The largest absolute Gasteiger partial charge is 0.438 e. The number of nitrogens with one attached hydrogen (secondary N) is 2. The smallest absolute Gasteiger partial charge is 0.362 e. The van der Waals surface area contributed by atoms with Crippen LogP contribution in [-0.2, 0) is 0 Å². The third-order valence-electron chi connectivity index (χ3n) is 3.91. The maximum Gasteiger partial charge on any atom is 0.438 e. The van der Waals surface area contributed by atoms with Crippen molar-refractivity contribution >= 4 is 5.91 Å². The highest BCUT2D eigenvalue weighted by atomic mass is 19.4. The number of H-pyrrole nitrogens is 1. The van der Waals surface area contributed by atoms with Crippen molar-refractivity contribution in [3.05, 3.63) is 53.9 Å². The minimum Gasteiger partial charge on any atom is -0.362 e. The Morgan fingerprint density at radius 3 is 2.60 bits per heavy atom. The predicted octanol–water partition coefficient (Wildman–Crippen LogP) is 2.50. The summed E-state index contributed by atoms with van der Waals surface area (Å²) in [6, 6.07) is 8.58. The standard InChI is InChI=1S/C16H15F3N4O2/c1-9-3-5-11(6-4-9)12-7-13(21-20-12)14(24)23-15(25,16(17,18)19)8-10(2)22-23/h3-7,22,25H,2,8H2,1H3,(H,20,21)/t15-/m0/s1. The number of benzene rings is 1. The molecule has 6 nitrogen and oxygen atoms in total. The van der Waals surface area contributed by atoms with Crippen LogP contribution in [0.5, 0.6) is 0 Å². The summed E-state index contributed by atoms with van der Waals surface area (Å²) >= 11 is 0. The van der Waals surface area contributed by atoms with Crippen molar-refractivity contribution < 1.29 is 23.1 Å². The summed E-state index contributed by atoms with van der Waals surface area (Å²) < 4.78 is 39.6. The van der Waals surface area contributed by atoms with Crippen molar-refractivity contribution in [2.75, 3.05) is 0 Å². The van der Waals surface area contributed by atoms with Gasteiger partial charge in [-0.25, -0.2) is 5.01 Å². The number of halogens is 3. The number of aliphatic hydroxyl groups is 1. The summed E-state index contributed by atoms with van der Waals surface area (Å²) in [5.74, 6) is -1.09. The Labute approximate surface area is 140 Å². The van der Waals surface area contributed by atoms with Crippen LogP contribution in [0.15, 0.2) is 42.6 Å². The van der Waals surface area contributed by atoms with Gasteiger partial charge in [0.15, 0.2) is 0 Å². The zero-order chi connectivity index (χ0) is 18.4. The molecule has 0 radical (unpaired) electrons. The molecule has 1 atom stereocenters. The number of aryl methyl sites for hydroxylation is 1. The normalized spacial score (nSPS) is 20.7. The molecule has 0 aliphatic carbocycles. The van der Waals surface area contributed by atoms with Gasteiger partial charge in [-0.3, -0.25) is 15.3 Å². The predicted molar refractivity (Wildman–Crippen MR) is 82.8 cm³/mol. The number of rotatable bonds is 2. The van der Waals surface area contributed by atoms with E-state index in [2.05, 4.69) is 22.2 Å². The van der Waals surface area contributed by atoms with Crippen LogP contribution in [0, 0.1) is 6.92 Å². The van der Waals surface area contributed by atoms with E-state index in [0.29, 0.717) is 11.3 Å². The summed E-state index contributed by atoms with van der Waals surface area (Å²) in [4.78, 5) is 12.4. The van der Waals surface area contributed by atoms with Gasteiger partial charge in [0.2, 0.25) is 0 Å². The minimum absolute atomic E-state index is 0.119. The van der Waals surface area contributed by atoms with Crippen LogP contribution in [0.4, 0.5) is 13.2 Å². The first-order valence-corrected chi connectivity index (χ1v) is 7.32. The second kappa shape index (κ2) is 5.62. The molecule has 0 unspecified atom stereocenters. The Morgan fingerprint density at radius 2 is 2.00 bits per heavy atom. The van der Waals surface area contributed by atoms with Gasteiger partial charge in [0.1, 0.15) is 5.69 Å². The van der Waals surface area contributed by atoms with Crippen LogP contribution < -0.4 is 5.43 Å². The lowest BCUT2D eigenvalue weighted by molar-refractivity contribution is -0.299. The fourth-order valence-corrected chi connectivity index (χ4v) is 2.54. The molecular formula is C16H15F3N4O2. The highest BCUT2D eigenvalue weighted by molar-refractivity contribution is 5.94. The van der Waals surface area contributed by atoms with E-state index in [1.165, 1.54) is 6.07 Å². The van der Waals surface area contributed by atoms with Crippen molar-refractivity contribution in [1.29, 1.82) is 0 Å². The number of hydrogen-bond acceptors (Lipinski definition) is 4. The average Bonchev–Trinajstić information content (AvgIpc) is 3.12. The quantitative estimate of drug-likeness (QED) is 0.776. The molecule has 1 aliphatic rings. The van der Waals surface area contributed by atoms with Gasteiger partial charge < -0.3 is 5.11 Å². The third kappa shape index (κ3) is 2.86. The molecule has 0 saturated carbocycles. The van der Waals surface area contributed by atoms with Crippen molar-refractivity contribution in [1.82, 2.24) is 20.6 Å². The SMILES string of the molecule is C=C1C[C@](O)(C(F)(F)F)N(C(=O)c2cc(-c3ccc(C)cc3)n[nH]2)N1. The number of nitrogens with zero attached hydrogens (tertiary/aromatic N) is 2.